The Labute approximate surface area is 74.8 Å². The Morgan fingerprint density at radius 2 is 1.83 bits per heavy atom. The summed E-state index contributed by atoms with van der Waals surface area (Å²) in [7, 11) is 0. The number of hydrogen-bond acceptors (Lipinski definition) is 1. The lowest BCUT2D eigenvalue weighted by Gasteiger charge is -2.05. The molecule has 12 heavy (non-hydrogen) atoms. The molecule has 0 fully saturated rings. The standard InChI is InChI=1S/C11H18O/c1-6-10-11(7(2)3)8(4)9(5)12-10/h7H,6H2,1-5H3. The molecule has 0 aliphatic heterocycles. The Hall–Kier alpha value is -0.720. The Balaban J connectivity index is 3.21. The first-order valence-electron chi connectivity index (χ1n) is 4.66. The molecule has 1 heteroatoms. The minimum atomic E-state index is 0.581. The van der Waals surface area contributed by atoms with E-state index < -0.39 is 0 Å². The largest absolute Gasteiger partial charge is 0.466 e. The molecule has 0 radical (unpaired) electrons. The Morgan fingerprint density at radius 3 is 2.17 bits per heavy atom. The Kier molecular flexibility index (Phi) is 2.61. The van der Waals surface area contributed by atoms with Crippen LogP contribution >= 0.6 is 0 Å². The van der Waals surface area contributed by atoms with Crippen LogP contribution in [0.3, 0.4) is 0 Å². The smallest absolute Gasteiger partial charge is 0.107 e. The first kappa shape index (κ1) is 9.37. The van der Waals surface area contributed by atoms with Gasteiger partial charge in [0, 0.05) is 6.42 Å². The Morgan fingerprint density at radius 1 is 1.25 bits per heavy atom. The topological polar surface area (TPSA) is 13.1 Å². The van der Waals surface area contributed by atoms with Crippen LogP contribution in [-0.4, -0.2) is 0 Å². The molecule has 0 aliphatic carbocycles. The van der Waals surface area contributed by atoms with Crippen molar-refractivity contribution >= 4 is 0 Å². The fraction of sp³-hybridized carbons (Fsp3) is 0.636. The van der Waals surface area contributed by atoms with Crippen molar-refractivity contribution in [2.24, 2.45) is 0 Å². The van der Waals surface area contributed by atoms with E-state index in [2.05, 4.69) is 27.7 Å². The van der Waals surface area contributed by atoms with Crippen molar-refractivity contribution in [2.75, 3.05) is 0 Å². The average molecular weight is 166 g/mol. The molecular weight excluding hydrogens is 148 g/mol. The quantitative estimate of drug-likeness (QED) is 0.654. The van der Waals surface area contributed by atoms with Crippen molar-refractivity contribution in [3.05, 3.63) is 22.6 Å². The molecular formula is C11H18O. The predicted molar refractivity (Wildman–Crippen MR) is 51.6 cm³/mol. The molecule has 0 aliphatic rings. The summed E-state index contributed by atoms with van der Waals surface area (Å²) < 4.78 is 5.66. The number of furan rings is 1. The summed E-state index contributed by atoms with van der Waals surface area (Å²) in [6.45, 7) is 10.8. The molecule has 0 atom stereocenters. The average Bonchev–Trinajstić information content (AvgIpc) is 2.28. The molecule has 0 amide bonds. The minimum Gasteiger partial charge on any atom is -0.466 e. The molecule has 68 valence electrons. The maximum atomic E-state index is 5.66. The van der Waals surface area contributed by atoms with E-state index in [0.717, 1.165) is 12.2 Å². The highest BCUT2D eigenvalue weighted by atomic mass is 16.3. The van der Waals surface area contributed by atoms with Crippen molar-refractivity contribution in [3.63, 3.8) is 0 Å². The van der Waals surface area contributed by atoms with Gasteiger partial charge in [0.15, 0.2) is 0 Å². The SMILES string of the molecule is CCc1oc(C)c(C)c1C(C)C. The number of aryl methyl sites for hydroxylation is 2. The molecule has 0 saturated heterocycles. The zero-order valence-corrected chi connectivity index (χ0v) is 8.69. The van der Waals surface area contributed by atoms with E-state index in [9.17, 15) is 0 Å². The van der Waals surface area contributed by atoms with Gasteiger partial charge < -0.3 is 4.42 Å². The first-order valence-corrected chi connectivity index (χ1v) is 4.66. The van der Waals surface area contributed by atoms with Crippen molar-refractivity contribution in [3.8, 4) is 0 Å². The molecule has 0 saturated carbocycles. The zero-order chi connectivity index (χ0) is 9.30. The van der Waals surface area contributed by atoms with E-state index in [0.29, 0.717) is 5.92 Å². The molecule has 0 N–H and O–H groups in total. The van der Waals surface area contributed by atoms with Gasteiger partial charge in [-0.25, -0.2) is 0 Å². The molecule has 1 heterocycles. The highest BCUT2D eigenvalue weighted by Gasteiger charge is 2.15. The lowest BCUT2D eigenvalue weighted by molar-refractivity contribution is 0.482. The molecule has 0 unspecified atom stereocenters. The van der Waals surface area contributed by atoms with Crippen molar-refractivity contribution in [1.29, 1.82) is 0 Å². The third-order valence-electron chi connectivity index (χ3n) is 2.41. The van der Waals surface area contributed by atoms with E-state index in [-0.39, 0.29) is 0 Å². The van der Waals surface area contributed by atoms with Gasteiger partial charge in [0.2, 0.25) is 0 Å². The van der Waals surface area contributed by atoms with Gasteiger partial charge in [-0.3, -0.25) is 0 Å². The monoisotopic (exact) mass is 166 g/mol. The van der Waals surface area contributed by atoms with Crippen LogP contribution in [0.4, 0.5) is 0 Å². The van der Waals surface area contributed by atoms with Crippen LogP contribution in [0.25, 0.3) is 0 Å². The third kappa shape index (κ3) is 1.40. The van der Waals surface area contributed by atoms with Crippen LogP contribution < -0.4 is 0 Å². The van der Waals surface area contributed by atoms with E-state index >= 15 is 0 Å². The molecule has 1 aromatic heterocycles. The molecule has 0 spiro atoms. The number of rotatable bonds is 2. The van der Waals surface area contributed by atoms with Crippen LogP contribution in [0.5, 0.6) is 0 Å². The van der Waals surface area contributed by atoms with Crippen LogP contribution in [0, 0.1) is 13.8 Å². The third-order valence-corrected chi connectivity index (χ3v) is 2.41. The molecule has 0 aromatic carbocycles. The van der Waals surface area contributed by atoms with E-state index in [1.165, 1.54) is 16.9 Å². The van der Waals surface area contributed by atoms with Gasteiger partial charge in [-0.1, -0.05) is 20.8 Å². The maximum Gasteiger partial charge on any atom is 0.107 e. The first-order chi connectivity index (χ1) is 5.57. The van der Waals surface area contributed by atoms with Gasteiger partial charge >= 0.3 is 0 Å². The maximum absolute atomic E-state index is 5.66. The normalized spacial score (nSPS) is 11.2. The lowest BCUT2D eigenvalue weighted by Crippen LogP contribution is -1.92. The van der Waals surface area contributed by atoms with Crippen LogP contribution in [-0.2, 0) is 6.42 Å². The Bertz CT molecular complexity index is 269. The summed E-state index contributed by atoms with van der Waals surface area (Å²) >= 11 is 0. The van der Waals surface area contributed by atoms with Gasteiger partial charge in [0.1, 0.15) is 11.5 Å². The predicted octanol–water partition coefficient (Wildman–Crippen LogP) is 3.58. The van der Waals surface area contributed by atoms with Gasteiger partial charge in [0.25, 0.3) is 0 Å². The van der Waals surface area contributed by atoms with Crippen LogP contribution in [0.15, 0.2) is 4.42 Å². The molecule has 0 bridgehead atoms. The summed E-state index contributed by atoms with van der Waals surface area (Å²) in [4.78, 5) is 0. The van der Waals surface area contributed by atoms with E-state index in [1.807, 2.05) is 6.92 Å². The second-order valence-corrected chi connectivity index (χ2v) is 3.63. The number of hydrogen-bond donors (Lipinski definition) is 0. The molecule has 1 aromatic rings. The van der Waals surface area contributed by atoms with Crippen molar-refractivity contribution in [1.82, 2.24) is 0 Å². The van der Waals surface area contributed by atoms with E-state index in [4.69, 9.17) is 4.42 Å². The molecule has 1 rings (SSSR count). The summed E-state index contributed by atoms with van der Waals surface area (Å²) in [6.07, 6.45) is 1.00. The highest BCUT2D eigenvalue weighted by molar-refractivity contribution is 5.34. The van der Waals surface area contributed by atoms with Gasteiger partial charge in [-0.05, 0) is 30.9 Å². The van der Waals surface area contributed by atoms with Gasteiger partial charge in [-0.15, -0.1) is 0 Å². The fourth-order valence-electron chi connectivity index (χ4n) is 1.73. The fourth-order valence-corrected chi connectivity index (χ4v) is 1.73. The van der Waals surface area contributed by atoms with Crippen LogP contribution in [0.1, 0.15) is 49.3 Å². The summed E-state index contributed by atoms with van der Waals surface area (Å²) in [5.41, 5.74) is 2.75. The van der Waals surface area contributed by atoms with Crippen molar-refractivity contribution < 1.29 is 4.42 Å². The zero-order valence-electron chi connectivity index (χ0n) is 8.69. The lowest BCUT2D eigenvalue weighted by atomic mass is 9.98. The highest BCUT2D eigenvalue weighted by Crippen LogP contribution is 2.28. The van der Waals surface area contributed by atoms with E-state index in [1.54, 1.807) is 0 Å². The summed E-state index contributed by atoms with van der Waals surface area (Å²) in [5, 5.41) is 0. The summed E-state index contributed by atoms with van der Waals surface area (Å²) in [6, 6.07) is 0. The molecule has 1 nitrogen and oxygen atoms in total. The summed E-state index contributed by atoms with van der Waals surface area (Å²) in [5.74, 6) is 2.83. The van der Waals surface area contributed by atoms with Crippen molar-refractivity contribution in [2.45, 2.75) is 47.0 Å². The van der Waals surface area contributed by atoms with Gasteiger partial charge in [-0.2, -0.15) is 0 Å². The second kappa shape index (κ2) is 3.34. The van der Waals surface area contributed by atoms with Gasteiger partial charge in [0.05, 0.1) is 0 Å². The second-order valence-electron chi connectivity index (χ2n) is 3.63. The van der Waals surface area contributed by atoms with Crippen LogP contribution in [0.2, 0.25) is 0 Å². The minimum absolute atomic E-state index is 0.581.